The molecule has 11 heteroatoms. The van der Waals surface area contributed by atoms with Crippen molar-refractivity contribution in [2.75, 3.05) is 18.5 Å². The molecule has 2 aromatic rings. The molecule has 174 valence electrons. The molecule has 8 nitrogen and oxygen atoms in total. The van der Waals surface area contributed by atoms with Crippen LogP contribution in [0.4, 0.5) is 19.3 Å². The molecule has 0 saturated carbocycles. The summed E-state index contributed by atoms with van der Waals surface area (Å²) in [6.45, 7) is -0.304. The van der Waals surface area contributed by atoms with Crippen molar-refractivity contribution in [2.45, 2.75) is 42.4 Å². The first-order valence-electron chi connectivity index (χ1n) is 10.1. The lowest BCUT2D eigenvalue weighted by atomic mass is 9.97. The Morgan fingerprint density at radius 2 is 1.81 bits per heavy atom. The lowest BCUT2D eigenvalue weighted by Crippen LogP contribution is -2.52. The topological polar surface area (TPSA) is 117 Å². The van der Waals surface area contributed by atoms with Crippen molar-refractivity contribution >= 4 is 21.7 Å². The van der Waals surface area contributed by atoms with Crippen LogP contribution in [0.2, 0.25) is 0 Å². The van der Waals surface area contributed by atoms with Crippen molar-refractivity contribution in [3.63, 3.8) is 0 Å². The Hall–Kier alpha value is -2.60. The van der Waals surface area contributed by atoms with E-state index in [2.05, 4.69) is 15.4 Å². The highest BCUT2D eigenvalue weighted by Crippen LogP contribution is 2.22. The molecular formula is C21H25F2N3O5S. The molecule has 1 heterocycles. The molecule has 4 N–H and O–H groups in total. The molecule has 32 heavy (non-hydrogen) atoms. The second-order valence-corrected chi connectivity index (χ2v) is 9.12. The van der Waals surface area contributed by atoms with E-state index in [9.17, 15) is 27.1 Å². The Bertz CT molecular complexity index is 1020. The van der Waals surface area contributed by atoms with Gasteiger partial charge in [0.1, 0.15) is 22.6 Å². The number of anilines is 1. The highest BCUT2D eigenvalue weighted by molar-refractivity contribution is 7.89. The van der Waals surface area contributed by atoms with E-state index in [4.69, 9.17) is 4.74 Å². The molecule has 1 fully saturated rings. The molecule has 2 amide bonds. The van der Waals surface area contributed by atoms with Gasteiger partial charge in [-0.25, -0.2) is 26.7 Å². The number of hydrogen-bond acceptors (Lipinski definition) is 5. The fourth-order valence-corrected chi connectivity index (χ4v) is 4.60. The number of rotatable bonds is 8. The SMILES string of the molecule is O=C(Nc1ccc(F)cc1)N[C@H]1CC[C@@H](CCNS(=O)(=O)c2ccccc2F)O[C@H]1CO. The highest BCUT2D eigenvalue weighted by atomic mass is 32.2. The molecule has 0 aliphatic carbocycles. The van der Waals surface area contributed by atoms with E-state index in [0.29, 0.717) is 24.9 Å². The molecule has 0 radical (unpaired) electrons. The fraction of sp³-hybridized carbons (Fsp3) is 0.381. The quantitative estimate of drug-likeness (QED) is 0.474. The van der Waals surface area contributed by atoms with Crippen LogP contribution in [0.1, 0.15) is 19.3 Å². The van der Waals surface area contributed by atoms with E-state index in [1.807, 2.05) is 0 Å². The second kappa shape index (κ2) is 10.8. The van der Waals surface area contributed by atoms with Crippen molar-refractivity contribution < 1.29 is 31.8 Å². The van der Waals surface area contributed by atoms with Gasteiger partial charge in [0.15, 0.2) is 0 Å². The van der Waals surface area contributed by atoms with Crippen LogP contribution in [0, 0.1) is 11.6 Å². The number of halogens is 2. The minimum Gasteiger partial charge on any atom is -0.394 e. The largest absolute Gasteiger partial charge is 0.394 e. The molecule has 2 aromatic carbocycles. The van der Waals surface area contributed by atoms with Crippen LogP contribution >= 0.6 is 0 Å². The Morgan fingerprint density at radius 3 is 2.50 bits per heavy atom. The maximum absolute atomic E-state index is 13.7. The number of nitrogens with one attached hydrogen (secondary N) is 3. The van der Waals surface area contributed by atoms with Gasteiger partial charge in [0.25, 0.3) is 0 Å². The third-order valence-electron chi connectivity index (χ3n) is 5.10. The number of sulfonamides is 1. The molecule has 3 atom stereocenters. The van der Waals surface area contributed by atoms with Gasteiger partial charge in [-0.2, -0.15) is 0 Å². The van der Waals surface area contributed by atoms with Crippen LogP contribution < -0.4 is 15.4 Å². The van der Waals surface area contributed by atoms with Crippen LogP contribution in [0.5, 0.6) is 0 Å². The third-order valence-corrected chi connectivity index (χ3v) is 6.59. The van der Waals surface area contributed by atoms with Crippen LogP contribution in [0.25, 0.3) is 0 Å². The van der Waals surface area contributed by atoms with Crippen LogP contribution in [0.15, 0.2) is 53.4 Å². The predicted octanol–water partition coefficient (Wildman–Crippen LogP) is 2.36. The van der Waals surface area contributed by atoms with Gasteiger partial charge in [0.2, 0.25) is 10.0 Å². The van der Waals surface area contributed by atoms with Gasteiger partial charge in [-0.3, -0.25) is 0 Å². The van der Waals surface area contributed by atoms with Gasteiger partial charge in [-0.15, -0.1) is 0 Å². The van der Waals surface area contributed by atoms with Crippen LogP contribution in [0.3, 0.4) is 0 Å². The van der Waals surface area contributed by atoms with Crippen molar-refractivity contribution in [1.29, 1.82) is 0 Å². The van der Waals surface area contributed by atoms with E-state index in [0.717, 1.165) is 6.07 Å². The summed E-state index contributed by atoms with van der Waals surface area (Å²) in [7, 11) is -3.99. The Balaban J connectivity index is 1.47. The molecule has 3 rings (SSSR count). The molecular weight excluding hydrogens is 444 g/mol. The second-order valence-electron chi connectivity index (χ2n) is 7.39. The Labute approximate surface area is 185 Å². The number of aliphatic hydroxyl groups is 1. The van der Waals surface area contributed by atoms with Crippen molar-refractivity contribution in [2.24, 2.45) is 0 Å². The number of carbonyl (C=O) groups is 1. The number of ether oxygens (including phenoxy) is 1. The summed E-state index contributed by atoms with van der Waals surface area (Å²) in [5.41, 5.74) is 0.418. The number of benzene rings is 2. The van der Waals surface area contributed by atoms with Crippen LogP contribution in [-0.4, -0.2) is 51.0 Å². The molecule has 1 aliphatic rings. The van der Waals surface area contributed by atoms with Gasteiger partial charge in [0.05, 0.1) is 18.8 Å². The number of amides is 2. The van der Waals surface area contributed by atoms with Crippen molar-refractivity contribution in [1.82, 2.24) is 10.0 Å². The van der Waals surface area contributed by atoms with Gasteiger partial charge in [0, 0.05) is 12.2 Å². The standard InChI is InChI=1S/C21H25F2N3O5S/c22-14-5-7-15(8-6-14)25-21(28)26-18-10-9-16(31-19(18)13-27)11-12-24-32(29,30)20-4-2-1-3-17(20)23/h1-8,16,18-19,24,27H,9-13H2,(H2,25,26,28)/t16-,18-,19-/m0/s1. The number of urea groups is 1. The third kappa shape index (κ3) is 6.45. The molecule has 1 aliphatic heterocycles. The number of hydrogen-bond donors (Lipinski definition) is 4. The lowest BCUT2D eigenvalue weighted by molar-refractivity contribution is -0.0884. The maximum Gasteiger partial charge on any atom is 0.319 e. The van der Waals surface area contributed by atoms with E-state index in [1.54, 1.807) is 0 Å². The monoisotopic (exact) mass is 469 g/mol. The number of aliphatic hydroxyl groups excluding tert-OH is 1. The van der Waals surface area contributed by atoms with E-state index in [-0.39, 0.29) is 19.3 Å². The summed E-state index contributed by atoms with van der Waals surface area (Å²) in [6, 6.07) is 9.43. The zero-order valence-electron chi connectivity index (χ0n) is 17.1. The zero-order valence-corrected chi connectivity index (χ0v) is 17.9. The minimum atomic E-state index is -3.99. The first-order chi connectivity index (χ1) is 15.3. The Kier molecular flexibility index (Phi) is 8.13. The summed E-state index contributed by atoms with van der Waals surface area (Å²) in [6.07, 6.45) is 0.342. The first-order valence-corrected chi connectivity index (χ1v) is 11.6. The molecule has 1 saturated heterocycles. The average molecular weight is 470 g/mol. The normalized spacial score (nSPS) is 21.2. The summed E-state index contributed by atoms with van der Waals surface area (Å²) < 4.78 is 59.4. The van der Waals surface area contributed by atoms with Gasteiger partial charge >= 0.3 is 6.03 Å². The van der Waals surface area contributed by atoms with Gasteiger partial charge < -0.3 is 20.5 Å². The molecule has 0 aromatic heterocycles. The molecule has 0 spiro atoms. The lowest BCUT2D eigenvalue weighted by Gasteiger charge is -2.36. The summed E-state index contributed by atoms with van der Waals surface area (Å²) in [5, 5.41) is 15.0. The van der Waals surface area contributed by atoms with E-state index in [1.165, 1.54) is 42.5 Å². The summed E-state index contributed by atoms with van der Waals surface area (Å²) in [4.78, 5) is 11.8. The van der Waals surface area contributed by atoms with Crippen molar-refractivity contribution in [3.05, 3.63) is 60.2 Å². The summed E-state index contributed by atoms with van der Waals surface area (Å²) >= 11 is 0. The average Bonchev–Trinajstić information content (AvgIpc) is 2.76. The highest BCUT2D eigenvalue weighted by Gasteiger charge is 2.32. The van der Waals surface area contributed by atoms with Crippen LogP contribution in [-0.2, 0) is 14.8 Å². The smallest absolute Gasteiger partial charge is 0.319 e. The van der Waals surface area contributed by atoms with Crippen molar-refractivity contribution in [3.8, 4) is 0 Å². The summed E-state index contributed by atoms with van der Waals surface area (Å²) in [5.74, 6) is -1.25. The number of carbonyl (C=O) groups excluding carboxylic acids is 1. The molecule has 0 unspecified atom stereocenters. The maximum atomic E-state index is 13.7. The molecule has 0 bridgehead atoms. The predicted molar refractivity (Wildman–Crippen MR) is 114 cm³/mol. The van der Waals surface area contributed by atoms with E-state index < -0.39 is 44.7 Å². The van der Waals surface area contributed by atoms with Gasteiger partial charge in [-0.1, -0.05) is 12.1 Å². The fourth-order valence-electron chi connectivity index (χ4n) is 3.47. The first kappa shape index (κ1) is 24.1. The van der Waals surface area contributed by atoms with E-state index >= 15 is 0 Å². The van der Waals surface area contributed by atoms with Gasteiger partial charge in [-0.05, 0) is 55.7 Å². The zero-order chi connectivity index (χ0) is 23.1. The minimum absolute atomic E-state index is 0.0304. The Morgan fingerprint density at radius 1 is 1.09 bits per heavy atom.